The van der Waals surface area contributed by atoms with Crippen LogP contribution in [0.5, 0.6) is 17.2 Å². The largest absolute Gasteiger partial charge is 0.507 e. The van der Waals surface area contributed by atoms with E-state index in [1.807, 2.05) is 37.3 Å². The zero-order valence-corrected chi connectivity index (χ0v) is 19.6. The number of rotatable bonds is 4. The van der Waals surface area contributed by atoms with Gasteiger partial charge in [0, 0.05) is 12.7 Å². The van der Waals surface area contributed by atoms with Gasteiger partial charge in [0.05, 0.1) is 28.1 Å². The molecule has 1 unspecified atom stereocenters. The minimum Gasteiger partial charge on any atom is -0.507 e. The standard InChI is InChI=1S/C28H22N2O6/c1-16-23(27(32)30(29(16)2)18-8-4-3-5-9-18)24(17-12-13-21-22(14-17)35-15-34-21)25-26(31)19-10-6-7-11-20(19)36-28(25)33/h3-14,24,31H,15H2,1-2H3. The van der Waals surface area contributed by atoms with E-state index in [4.69, 9.17) is 13.9 Å². The molecule has 36 heavy (non-hydrogen) atoms. The maximum atomic E-state index is 14.0. The van der Waals surface area contributed by atoms with Crippen molar-refractivity contribution in [3.05, 3.63) is 116 Å². The van der Waals surface area contributed by atoms with E-state index in [9.17, 15) is 14.7 Å². The molecule has 0 radical (unpaired) electrons. The summed E-state index contributed by atoms with van der Waals surface area (Å²) in [7, 11) is 1.78. The molecular formula is C28H22N2O6. The van der Waals surface area contributed by atoms with E-state index in [2.05, 4.69) is 0 Å². The normalized spacial score (nSPS) is 13.3. The summed E-state index contributed by atoms with van der Waals surface area (Å²) in [6, 6.07) is 21.2. The topological polar surface area (TPSA) is 95.8 Å². The van der Waals surface area contributed by atoms with Crippen molar-refractivity contribution in [2.75, 3.05) is 6.79 Å². The first-order valence-corrected chi connectivity index (χ1v) is 11.4. The first-order valence-electron chi connectivity index (χ1n) is 11.4. The fraction of sp³-hybridized carbons (Fsp3) is 0.143. The molecule has 6 rings (SSSR count). The van der Waals surface area contributed by atoms with Gasteiger partial charge in [0.2, 0.25) is 6.79 Å². The Hall–Kier alpha value is -4.72. The van der Waals surface area contributed by atoms with E-state index in [-0.39, 0.29) is 29.2 Å². The summed E-state index contributed by atoms with van der Waals surface area (Å²) < 4.78 is 19.9. The Balaban J connectivity index is 1.69. The number of hydrogen-bond donors (Lipinski definition) is 1. The second-order valence-electron chi connectivity index (χ2n) is 8.67. The van der Waals surface area contributed by atoms with Crippen molar-refractivity contribution < 1.29 is 19.0 Å². The molecule has 1 aliphatic heterocycles. The lowest BCUT2D eigenvalue weighted by Crippen LogP contribution is -2.24. The molecule has 3 heterocycles. The zero-order chi connectivity index (χ0) is 25.0. The highest BCUT2D eigenvalue weighted by Crippen LogP contribution is 2.42. The molecule has 180 valence electrons. The van der Waals surface area contributed by atoms with Gasteiger partial charge in [-0.2, -0.15) is 0 Å². The Labute approximate surface area is 205 Å². The van der Waals surface area contributed by atoms with Crippen LogP contribution in [0.15, 0.2) is 86.8 Å². The van der Waals surface area contributed by atoms with Crippen molar-refractivity contribution in [3.8, 4) is 22.9 Å². The highest BCUT2D eigenvalue weighted by atomic mass is 16.7. The quantitative estimate of drug-likeness (QED) is 0.386. The van der Waals surface area contributed by atoms with Crippen LogP contribution >= 0.6 is 0 Å². The maximum absolute atomic E-state index is 14.0. The molecule has 5 aromatic rings. The van der Waals surface area contributed by atoms with E-state index < -0.39 is 11.5 Å². The Morgan fingerprint density at radius 1 is 0.889 bits per heavy atom. The second-order valence-corrected chi connectivity index (χ2v) is 8.67. The van der Waals surface area contributed by atoms with Crippen molar-refractivity contribution in [1.29, 1.82) is 0 Å². The number of benzene rings is 3. The summed E-state index contributed by atoms with van der Waals surface area (Å²) >= 11 is 0. The molecule has 1 atom stereocenters. The molecular weight excluding hydrogens is 460 g/mol. The maximum Gasteiger partial charge on any atom is 0.344 e. The van der Waals surface area contributed by atoms with Crippen LogP contribution < -0.4 is 20.7 Å². The monoisotopic (exact) mass is 482 g/mol. The third-order valence-electron chi connectivity index (χ3n) is 6.73. The van der Waals surface area contributed by atoms with E-state index in [0.717, 1.165) is 0 Å². The summed E-state index contributed by atoms with van der Waals surface area (Å²) in [5.41, 5.74) is 1.47. The molecule has 1 N–H and O–H groups in total. The smallest absolute Gasteiger partial charge is 0.344 e. The van der Waals surface area contributed by atoms with Gasteiger partial charge in [-0.1, -0.05) is 36.4 Å². The molecule has 0 fully saturated rings. The van der Waals surface area contributed by atoms with Crippen molar-refractivity contribution in [1.82, 2.24) is 9.36 Å². The minimum atomic E-state index is -0.927. The first kappa shape index (κ1) is 21.8. The van der Waals surface area contributed by atoms with E-state index in [1.54, 1.807) is 58.9 Å². The lowest BCUT2D eigenvalue weighted by Gasteiger charge is -2.18. The average Bonchev–Trinajstić information content (AvgIpc) is 3.44. The van der Waals surface area contributed by atoms with Gasteiger partial charge in [0.1, 0.15) is 11.3 Å². The van der Waals surface area contributed by atoms with E-state index in [0.29, 0.717) is 39.4 Å². The highest BCUT2D eigenvalue weighted by Gasteiger charge is 2.33. The second kappa shape index (κ2) is 8.20. The molecule has 3 aromatic carbocycles. The van der Waals surface area contributed by atoms with Crippen molar-refractivity contribution in [2.45, 2.75) is 12.8 Å². The number of hydrogen-bond acceptors (Lipinski definition) is 6. The van der Waals surface area contributed by atoms with Crippen LogP contribution in [0.25, 0.3) is 16.7 Å². The molecule has 0 saturated carbocycles. The SMILES string of the molecule is Cc1c(C(c2ccc3c(c2)OCO3)c2c(O)c3ccccc3oc2=O)c(=O)n(-c2ccccc2)n1C. The molecule has 8 heteroatoms. The molecule has 0 amide bonds. The summed E-state index contributed by atoms with van der Waals surface area (Å²) in [5.74, 6) is -0.0830. The third-order valence-corrected chi connectivity index (χ3v) is 6.73. The van der Waals surface area contributed by atoms with Crippen LogP contribution in [0, 0.1) is 6.92 Å². The summed E-state index contributed by atoms with van der Waals surface area (Å²) in [4.78, 5) is 27.4. The number of nitrogens with zero attached hydrogens (tertiary/aromatic N) is 2. The van der Waals surface area contributed by atoms with Gasteiger partial charge >= 0.3 is 5.63 Å². The highest BCUT2D eigenvalue weighted by molar-refractivity contribution is 5.84. The van der Waals surface area contributed by atoms with Gasteiger partial charge in [-0.25, -0.2) is 9.48 Å². The Morgan fingerprint density at radius 2 is 1.61 bits per heavy atom. The zero-order valence-electron chi connectivity index (χ0n) is 19.6. The first-order chi connectivity index (χ1) is 17.5. The Kier molecular flexibility index (Phi) is 4.96. The molecule has 0 bridgehead atoms. The van der Waals surface area contributed by atoms with Gasteiger partial charge in [-0.15, -0.1) is 0 Å². The van der Waals surface area contributed by atoms with Crippen LogP contribution in [0.2, 0.25) is 0 Å². The van der Waals surface area contributed by atoms with Gasteiger partial charge < -0.3 is 19.0 Å². The van der Waals surface area contributed by atoms with Crippen molar-refractivity contribution >= 4 is 11.0 Å². The molecule has 1 aliphatic rings. The molecule has 8 nitrogen and oxygen atoms in total. The lowest BCUT2D eigenvalue weighted by molar-refractivity contribution is 0.174. The number of para-hydroxylation sites is 2. The van der Waals surface area contributed by atoms with Gasteiger partial charge in [-0.3, -0.25) is 9.48 Å². The summed E-state index contributed by atoms with van der Waals surface area (Å²) in [5, 5.41) is 11.7. The van der Waals surface area contributed by atoms with Crippen LogP contribution in [0.3, 0.4) is 0 Å². The number of fused-ring (bicyclic) bond motifs is 2. The predicted molar refractivity (Wildman–Crippen MR) is 133 cm³/mol. The van der Waals surface area contributed by atoms with Crippen molar-refractivity contribution in [2.24, 2.45) is 7.05 Å². The summed E-state index contributed by atoms with van der Waals surface area (Å²) in [6.45, 7) is 1.90. The van der Waals surface area contributed by atoms with Gasteiger partial charge in [-0.05, 0) is 48.9 Å². The minimum absolute atomic E-state index is 0.0152. The molecule has 0 aliphatic carbocycles. The third kappa shape index (κ3) is 3.22. The number of aromatic hydroxyl groups is 1. The van der Waals surface area contributed by atoms with E-state index >= 15 is 0 Å². The fourth-order valence-corrected chi connectivity index (χ4v) is 4.89. The Bertz CT molecular complexity index is 1750. The van der Waals surface area contributed by atoms with Gasteiger partial charge in [0.25, 0.3) is 5.56 Å². The fourth-order valence-electron chi connectivity index (χ4n) is 4.89. The average molecular weight is 482 g/mol. The Morgan fingerprint density at radius 3 is 2.42 bits per heavy atom. The number of aromatic nitrogens is 2. The molecule has 0 saturated heterocycles. The molecule has 0 spiro atoms. The summed E-state index contributed by atoms with van der Waals surface area (Å²) in [6.07, 6.45) is 0. The number of ether oxygens (including phenoxy) is 2. The van der Waals surface area contributed by atoms with Crippen LogP contribution in [-0.4, -0.2) is 21.3 Å². The van der Waals surface area contributed by atoms with Crippen molar-refractivity contribution in [3.63, 3.8) is 0 Å². The molecule has 2 aromatic heterocycles. The van der Waals surface area contributed by atoms with Crippen LogP contribution in [0.4, 0.5) is 0 Å². The van der Waals surface area contributed by atoms with Crippen LogP contribution in [-0.2, 0) is 7.05 Å². The lowest BCUT2D eigenvalue weighted by atomic mass is 9.84. The van der Waals surface area contributed by atoms with Gasteiger partial charge in [0.15, 0.2) is 11.5 Å². The van der Waals surface area contributed by atoms with Crippen LogP contribution in [0.1, 0.15) is 28.3 Å². The van der Waals surface area contributed by atoms with E-state index in [1.165, 1.54) is 0 Å². The predicted octanol–water partition coefficient (Wildman–Crippen LogP) is 4.21.